The summed E-state index contributed by atoms with van der Waals surface area (Å²) in [5.41, 5.74) is 1.61. The molecule has 0 radical (unpaired) electrons. The van der Waals surface area contributed by atoms with E-state index >= 15 is 0 Å². The maximum atomic E-state index is 10.8. The Balaban J connectivity index is 2.09. The van der Waals surface area contributed by atoms with Gasteiger partial charge in [-0.2, -0.15) is 5.10 Å². The van der Waals surface area contributed by atoms with Crippen LogP contribution in [0.3, 0.4) is 0 Å². The normalized spacial score (nSPS) is 10.7. The lowest BCUT2D eigenvalue weighted by Crippen LogP contribution is -2.03. The molecule has 0 aliphatic rings. The minimum atomic E-state index is -0.952. The van der Waals surface area contributed by atoms with E-state index in [1.807, 2.05) is 6.92 Å². The van der Waals surface area contributed by atoms with Gasteiger partial charge in [0, 0.05) is 18.5 Å². The summed E-state index contributed by atoms with van der Waals surface area (Å²) in [6, 6.07) is 1.50. The molecule has 7 heteroatoms. The van der Waals surface area contributed by atoms with E-state index in [1.54, 1.807) is 17.1 Å². The number of halogens is 1. The first kappa shape index (κ1) is 13.9. The molecule has 0 saturated carbocycles. The van der Waals surface area contributed by atoms with Crippen LogP contribution in [0.25, 0.3) is 0 Å². The van der Waals surface area contributed by atoms with E-state index in [2.05, 4.69) is 5.10 Å². The molecule has 5 nitrogen and oxygen atoms in total. The van der Waals surface area contributed by atoms with E-state index in [1.165, 1.54) is 6.07 Å². The van der Waals surface area contributed by atoms with E-state index in [9.17, 15) is 4.79 Å². The summed E-state index contributed by atoms with van der Waals surface area (Å²) < 4.78 is 7.23. The zero-order chi connectivity index (χ0) is 14.0. The summed E-state index contributed by atoms with van der Waals surface area (Å²) in [6.45, 7) is 2.25. The Bertz CT molecular complexity index is 606. The highest BCUT2D eigenvalue weighted by molar-refractivity contribution is 7.12. The van der Waals surface area contributed by atoms with Crippen LogP contribution in [-0.4, -0.2) is 20.9 Å². The van der Waals surface area contributed by atoms with Gasteiger partial charge in [-0.3, -0.25) is 4.68 Å². The van der Waals surface area contributed by atoms with Crippen molar-refractivity contribution in [1.29, 1.82) is 0 Å². The molecule has 0 fully saturated rings. The average molecular weight is 301 g/mol. The van der Waals surface area contributed by atoms with Gasteiger partial charge in [-0.1, -0.05) is 18.5 Å². The maximum Gasteiger partial charge on any atom is 0.346 e. The van der Waals surface area contributed by atoms with Crippen molar-refractivity contribution in [2.24, 2.45) is 7.05 Å². The molecule has 1 N–H and O–H groups in total. The lowest BCUT2D eigenvalue weighted by molar-refractivity contribution is 0.0702. The minimum absolute atomic E-state index is 0.250. The molecular formula is C12H13ClN2O3S. The third-order valence-corrected chi connectivity index (χ3v) is 4.00. The van der Waals surface area contributed by atoms with Crippen LogP contribution in [0.5, 0.6) is 5.75 Å². The molecule has 2 aromatic rings. The number of carbonyl (C=O) groups is 1. The van der Waals surface area contributed by atoms with Gasteiger partial charge in [-0.15, -0.1) is 11.3 Å². The summed E-state index contributed by atoms with van der Waals surface area (Å²) in [6.07, 6.45) is 0.758. The van der Waals surface area contributed by atoms with E-state index in [0.29, 0.717) is 10.8 Å². The van der Waals surface area contributed by atoms with Gasteiger partial charge >= 0.3 is 5.97 Å². The lowest BCUT2D eigenvalue weighted by atomic mass is 10.3. The predicted molar refractivity (Wildman–Crippen MR) is 73.2 cm³/mol. The Morgan fingerprint density at radius 1 is 1.63 bits per heavy atom. The third kappa shape index (κ3) is 2.90. The van der Waals surface area contributed by atoms with Crippen molar-refractivity contribution in [1.82, 2.24) is 9.78 Å². The van der Waals surface area contributed by atoms with Crippen LogP contribution in [0.15, 0.2) is 11.4 Å². The Morgan fingerprint density at radius 3 is 2.89 bits per heavy atom. The van der Waals surface area contributed by atoms with Gasteiger partial charge < -0.3 is 9.84 Å². The highest BCUT2D eigenvalue weighted by Gasteiger charge is 2.14. The summed E-state index contributed by atoms with van der Waals surface area (Å²) in [5.74, 6) is -0.426. The quantitative estimate of drug-likeness (QED) is 0.922. The van der Waals surface area contributed by atoms with Gasteiger partial charge in [-0.05, 0) is 6.42 Å². The number of aromatic nitrogens is 2. The molecule has 2 rings (SSSR count). The predicted octanol–water partition coefficient (Wildman–Crippen LogP) is 2.97. The zero-order valence-corrected chi connectivity index (χ0v) is 12.1. The second kappa shape index (κ2) is 5.63. The minimum Gasteiger partial charge on any atom is -0.486 e. The Labute approximate surface area is 119 Å². The smallest absolute Gasteiger partial charge is 0.346 e. The maximum absolute atomic E-state index is 10.8. The largest absolute Gasteiger partial charge is 0.486 e. The van der Waals surface area contributed by atoms with Gasteiger partial charge in [0.25, 0.3) is 0 Å². The van der Waals surface area contributed by atoms with Crippen LogP contribution in [0.2, 0.25) is 5.02 Å². The molecule has 0 saturated heterocycles. The topological polar surface area (TPSA) is 64.4 Å². The molecular weight excluding hydrogens is 288 g/mol. The molecule has 0 amide bonds. The molecule has 0 aliphatic heterocycles. The van der Waals surface area contributed by atoms with Gasteiger partial charge in [0.1, 0.15) is 17.2 Å². The average Bonchev–Trinajstić information content (AvgIpc) is 2.93. The van der Waals surface area contributed by atoms with E-state index in [-0.39, 0.29) is 11.5 Å². The van der Waals surface area contributed by atoms with Crippen molar-refractivity contribution >= 4 is 28.9 Å². The van der Waals surface area contributed by atoms with Crippen molar-refractivity contribution < 1.29 is 14.6 Å². The van der Waals surface area contributed by atoms with Gasteiger partial charge in [0.05, 0.1) is 16.4 Å². The number of aryl methyl sites for hydroxylation is 2. The standard InChI is InChI=1S/C12H13ClN2O3S/c1-3-8-11(13)9(15(2)14-8)5-18-7-4-10(12(16)17)19-6-7/h4,6H,3,5H2,1-2H3,(H,16,17). The number of thiophene rings is 1. The van der Waals surface area contributed by atoms with Crippen molar-refractivity contribution in [3.05, 3.63) is 32.7 Å². The van der Waals surface area contributed by atoms with Crippen molar-refractivity contribution in [3.63, 3.8) is 0 Å². The molecule has 0 aromatic carbocycles. The summed E-state index contributed by atoms with van der Waals surface area (Å²) >= 11 is 7.33. The number of carboxylic acids is 1. The molecule has 2 aromatic heterocycles. The van der Waals surface area contributed by atoms with E-state index < -0.39 is 5.97 Å². The second-order valence-electron chi connectivity index (χ2n) is 3.93. The first-order chi connectivity index (χ1) is 9.02. The highest BCUT2D eigenvalue weighted by atomic mass is 35.5. The number of hydrogen-bond acceptors (Lipinski definition) is 4. The van der Waals surface area contributed by atoms with Crippen LogP contribution in [0.4, 0.5) is 0 Å². The van der Waals surface area contributed by atoms with Crippen LogP contribution < -0.4 is 4.74 Å². The molecule has 19 heavy (non-hydrogen) atoms. The SMILES string of the molecule is CCc1nn(C)c(COc2csc(C(=O)O)c2)c1Cl. The van der Waals surface area contributed by atoms with Crippen LogP contribution in [0.1, 0.15) is 28.0 Å². The van der Waals surface area contributed by atoms with Gasteiger partial charge in [0.2, 0.25) is 0 Å². The van der Waals surface area contributed by atoms with Crippen molar-refractivity contribution in [2.45, 2.75) is 20.0 Å². The number of nitrogens with zero attached hydrogens (tertiary/aromatic N) is 2. The monoisotopic (exact) mass is 300 g/mol. The fourth-order valence-electron chi connectivity index (χ4n) is 1.63. The molecule has 102 valence electrons. The third-order valence-electron chi connectivity index (χ3n) is 2.66. The fraction of sp³-hybridized carbons (Fsp3) is 0.333. The summed E-state index contributed by atoms with van der Waals surface area (Å²) in [7, 11) is 1.81. The molecule has 0 atom stereocenters. The van der Waals surface area contributed by atoms with Gasteiger partial charge in [-0.25, -0.2) is 4.79 Å². The first-order valence-electron chi connectivity index (χ1n) is 5.67. The highest BCUT2D eigenvalue weighted by Crippen LogP contribution is 2.25. The molecule has 2 heterocycles. The second-order valence-corrected chi connectivity index (χ2v) is 5.21. The summed E-state index contributed by atoms with van der Waals surface area (Å²) in [5, 5.41) is 15.4. The Hall–Kier alpha value is -1.53. The number of carboxylic acid groups (broad SMARTS) is 1. The van der Waals surface area contributed by atoms with Gasteiger partial charge in [0.15, 0.2) is 0 Å². The zero-order valence-electron chi connectivity index (χ0n) is 10.5. The first-order valence-corrected chi connectivity index (χ1v) is 6.93. The number of aromatic carboxylic acids is 1. The van der Waals surface area contributed by atoms with E-state index in [0.717, 1.165) is 29.1 Å². The van der Waals surface area contributed by atoms with Crippen LogP contribution in [-0.2, 0) is 20.1 Å². The molecule has 0 unspecified atom stereocenters. The number of ether oxygens (including phenoxy) is 1. The van der Waals surface area contributed by atoms with Crippen molar-refractivity contribution in [2.75, 3.05) is 0 Å². The van der Waals surface area contributed by atoms with Crippen molar-refractivity contribution in [3.8, 4) is 5.75 Å². The summed E-state index contributed by atoms with van der Waals surface area (Å²) in [4.78, 5) is 11.0. The molecule has 0 aliphatic carbocycles. The number of rotatable bonds is 5. The van der Waals surface area contributed by atoms with Crippen LogP contribution >= 0.6 is 22.9 Å². The number of hydrogen-bond donors (Lipinski definition) is 1. The fourth-order valence-corrected chi connectivity index (χ4v) is 2.65. The Morgan fingerprint density at radius 2 is 2.37 bits per heavy atom. The Kier molecular flexibility index (Phi) is 4.11. The van der Waals surface area contributed by atoms with E-state index in [4.69, 9.17) is 21.4 Å². The molecule has 0 spiro atoms. The molecule has 0 bridgehead atoms. The van der Waals surface area contributed by atoms with Crippen LogP contribution in [0, 0.1) is 0 Å². The lowest BCUT2D eigenvalue weighted by Gasteiger charge is -2.04.